The second-order valence-corrected chi connectivity index (χ2v) is 6.68. The van der Waals surface area contributed by atoms with Crippen LogP contribution in [0, 0.1) is 17.3 Å². The van der Waals surface area contributed by atoms with E-state index in [-0.39, 0.29) is 18.6 Å². The Balaban J connectivity index is 1.84. The van der Waals surface area contributed by atoms with Gasteiger partial charge in [0.1, 0.15) is 0 Å². The Bertz CT molecular complexity index is 217. The molecule has 0 amide bonds. The first kappa shape index (κ1) is 14.3. The first-order chi connectivity index (χ1) is 8.79. The molecule has 2 aliphatic carbocycles. The monoisotopic (exact) mass is 254 g/mol. The van der Waals surface area contributed by atoms with Gasteiger partial charge in [-0.3, -0.25) is 0 Å². The Hall–Kier alpha value is -0.0800. The van der Waals surface area contributed by atoms with E-state index in [1.54, 1.807) is 0 Å². The zero-order valence-corrected chi connectivity index (χ0v) is 11.7. The van der Waals surface area contributed by atoms with Crippen molar-refractivity contribution in [3.8, 4) is 0 Å². The highest BCUT2D eigenvalue weighted by Gasteiger charge is 2.36. The molecule has 0 unspecified atom stereocenters. The molecule has 106 valence electrons. The molecule has 0 aromatic carbocycles. The van der Waals surface area contributed by atoms with Crippen molar-refractivity contribution in [3.05, 3.63) is 0 Å². The third-order valence-electron chi connectivity index (χ3n) is 5.69. The van der Waals surface area contributed by atoms with E-state index < -0.39 is 0 Å². The van der Waals surface area contributed by atoms with Crippen molar-refractivity contribution in [1.82, 2.24) is 0 Å². The Kier molecular flexibility index (Phi) is 5.50. The third-order valence-corrected chi connectivity index (χ3v) is 5.69. The number of hydrogen-bond acceptors (Lipinski definition) is 2. The summed E-state index contributed by atoms with van der Waals surface area (Å²) < 4.78 is 0. The van der Waals surface area contributed by atoms with Crippen LogP contribution in [0.15, 0.2) is 0 Å². The zero-order valence-electron chi connectivity index (χ0n) is 11.7. The molecule has 0 heterocycles. The van der Waals surface area contributed by atoms with Crippen molar-refractivity contribution in [2.75, 3.05) is 13.2 Å². The first-order valence-electron chi connectivity index (χ1n) is 8.01. The molecule has 2 heteroatoms. The average molecular weight is 254 g/mol. The minimum atomic E-state index is 0.259. The predicted molar refractivity (Wildman–Crippen MR) is 74.4 cm³/mol. The Labute approximate surface area is 112 Å². The van der Waals surface area contributed by atoms with Crippen LogP contribution in [-0.4, -0.2) is 23.4 Å². The van der Waals surface area contributed by atoms with Crippen LogP contribution < -0.4 is 0 Å². The van der Waals surface area contributed by atoms with Crippen molar-refractivity contribution in [3.63, 3.8) is 0 Å². The van der Waals surface area contributed by atoms with Crippen molar-refractivity contribution in [1.29, 1.82) is 0 Å². The summed E-state index contributed by atoms with van der Waals surface area (Å²) >= 11 is 0. The van der Waals surface area contributed by atoms with Crippen LogP contribution in [0.1, 0.15) is 70.6 Å². The molecule has 0 saturated heterocycles. The van der Waals surface area contributed by atoms with E-state index >= 15 is 0 Å². The molecule has 18 heavy (non-hydrogen) atoms. The van der Waals surface area contributed by atoms with E-state index in [0.29, 0.717) is 0 Å². The maximum Gasteiger partial charge on any atom is 0.0436 e. The molecule has 2 N–H and O–H groups in total. The molecule has 0 spiro atoms. The van der Waals surface area contributed by atoms with Crippen LogP contribution >= 0.6 is 0 Å². The SMILES string of the molecule is OCCC1(CCO)CCC(C2CCCCC2)CC1. The quantitative estimate of drug-likeness (QED) is 0.788. The lowest BCUT2D eigenvalue weighted by Crippen LogP contribution is -2.32. The van der Waals surface area contributed by atoms with Crippen LogP contribution in [0.2, 0.25) is 0 Å². The molecular weight excluding hydrogens is 224 g/mol. The van der Waals surface area contributed by atoms with Gasteiger partial charge in [0.15, 0.2) is 0 Å². The fourth-order valence-corrected chi connectivity index (χ4v) is 4.43. The van der Waals surface area contributed by atoms with Crippen LogP contribution in [0.4, 0.5) is 0 Å². The van der Waals surface area contributed by atoms with Gasteiger partial charge in [-0.25, -0.2) is 0 Å². The van der Waals surface area contributed by atoms with Gasteiger partial charge >= 0.3 is 0 Å². The minimum absolute atomic E-state index is 0.259. The normalized spacial score (nSPS) is 26.3. The van der Waals surface area contributed by atoms with Gasteiger partial charge in [-0.15, -0.1) is 0 Å². The molecule has 0 bridgehead atoms. The van der Waals surface area contributed by atoms with E-state index in [9.17, 15) is 10.2 Å². The van der Waals surface area contributed by atoms with Crippen LogP contribution in [0.3, 0.4) is 0 Å². The van der Waals surface area contributed by atoms with E-state index in [1.165, 1.54) is 57.8 Å². The van der Waals surface area contributed by atoms with E-state index in [2.05, 4.69) is 0 Å². The fraction of sp³-hybridized carbons (Fsp3) is 1.00. The molecule has 0 radical (unpaired) electrons. The first-order valence-corrected chi connectivity index (χ1v) is 8.01. The minimum Gasteiger partial charge on any atom is -0.396 e. The van der Waals surface area contributed by atoms with Crippen molar-refractivity contribution >= 4 is 0 Å². The van der Waals surface area contributed by atoms with Crippen molar-refractivity contribution in [2.24, 2.45) is 17.3 Å². The maximum absolute atomic E-state index is 9.24. The van der Waals surface area contributed by atoms with Crippen LogP contribution in [-0.2, 0) is 0 Å². The van der Waals surface area contributed by atoms with E-state index in [1.807, 2.05) is 0 Å². The molecule has 2 saturated carbocycles. The summed E-state index contributed by atoms with van der Waals surface area (Å²) in [5.74, 6) is 1.93. The van der Waals surface area contributed by atoms with Gasteiger partial charge in [0.2, 0.25) is 0 Å². The summed E-state index contributed by atoms with van der Waals surface area (Å²) in [5, 5.41) is 18.5. The Morgan fingerprint density at radius 2 is 1.22 bits per heavy atom. The third kappa shape index (κ3) is 3.48. The molecule has 0 aromatic rings. The summed E-state index contributed by atoms with van der Waals surface area (Å²) in [6.45, 7) is 0.572. The Morgan fingerprint density at radius 1 is 0.722 bits per heavy atom. The number of rotatable bonds is 5. The van der Waals surface area contributed by atoms with Gasteiger partial charge in [-0.2, -0.15) is 0 Å². The Morgan fingerprint density at radius 3 is 1.72 bits per heavy atom. The molecule has 0 atom stereocenters. The number of aliphatic hydroxyl groups is 2. The van der Waals surface area contributed by atoms with Gasteiger partial charge in [0.05, 0.1) is 0 Å². The lowest BCUT2D eigenvalue weighted by atomic mass is 9.63. The van der Waals surface area contributed by atoms with Crippen molar-refractivity contribution in [2.45, 2.75) is 70.6 Å². The predicted octanol–water partition coefficient (Wildman–Crippen LogP) is 3.51. The van der Waals surface area contributed by atoms with Crippen molar-refractivity contribution < 1.29 is 10.2 Å². The van der Waals surface area contributed by atoms with E-state index in [0.717, 1.165) is 24.7 Å². The van der Waals surface area contributed by atoms with Crippen LogP contribution in [0.25, 0.3) is 0 Å². The number of aliphatic hydroxyl groups excluding tert-OH is 2. The molecule has 2 nitrogen and oxygen atoms in total. The van der Waals surface area contributed by atoms with Crippen LogP contribution in [0.5, 0.6) is 0 Å². The summed E-state index contributed by atoms with van der Waals surface area (Å²) in [4.78, 5) is 0. The highest BCUT2D eigenvalue weighted by atomic mass is 16.3. The molecular formula is C16H30O2. The van der Waals surface area contributed by atoms with Gasteiger partial charge in [0.25, 0.3) is 0 Å². The highest BCUT2D eigenvalue weighted by Crippen LogP contribution is 2.48. The number of hydrogen-bond donors (Lipinski definition) is 2. The molecule has 2 fully saturated rings. The topological polar surface area (TPSA) is 40.5 Å². The maximum atomic E-state index is 9.24. The molecule has 0 aliphatic heterocycles. The van der Waals surface area contributed by atoms with Gasteiger partial charge < -0.3 is 10.2 Å². The second kappa shape index (κ2) is 6.91. The van der Waals surface area contributed by atoms with Gasteiger partial charge in [-0.1, -0.05) is 32.1 Å². The summed E-state index contributed by atoms with van der Waals surface area (Å²) in [6, 6.07) is 0. The summed E-state index contributed by atoms with van der Waals surface area (Å²) in [7, 11) is 0. The standard InChI is InChI=1S/C16H30O2/c17-12-10-16(11-13-18)8-6-15(7-9-16)14-4-2-1-3-5-14/h14-15,17-18H,1-13H2. The lowest BCUT2D eigenvalue weighted by Gasteiger charge is -2.43. The average Bonchev–Trinajstić information content (AvgIpc) is 2.41. The zero-order chi connectivity index (χ0) is 12.8. The summed E-state index contributed by atoms with van der Waals surface area (Å²) in [6.07, 6.45) is 14.2. The van der Waals surface area contributed by atoms with E-state index in [4.69, 9.17) is 0 Å². The smallest absolute Gasteiger partial charge is 0.0436 e. The van der Waals surface area contributed by atoms with Gasteiger partial charge in [-0.05, 0) is 55.8 Å². The molecule has 2 aliphatic rings. The molecule has 2 rings (SSSR count). The van der Waals surface area contributed by atoms with Gasteiger partial charge in [0, 0.05) is 13.2 Å². The fourth-order valence-electron chi connectivity index (χ4n) is 4.43. The largest absolute Gasteiger partial charge is 0.396 e. The highest BCUT2D eigenvalue weighted by molar-refractivity contribution is 4.88. The second-order valence-electron chi connectivity index (χ2n) is 6.68. The summed E-state index contributed by atoms with van der Waals surface area (Å²) in [5.41, 5.74) is 0.259. The molecule has 0 aromatic heterocycles. The lowest BCUT2D eigenvalue weighted by molar-refractivity contribution is 0.0532.